The van der Waals surface area contributed by atoms with Crippen LogP contribution in [-0.2, 0) is 4.79 Å². The SMILES string of the molecule is CC.CCCCC(C)CCCC.Cc1cc(C)c(NC(=O)C(C)(C)C)cn1. The highest BCUT2D eigenvalue weighted by atomic mass is 16.2. The van der Waals surface area contributed by atoms with Crippen LogP contribution in [0.2, 0.25) is 0 Å². The molecule has 1 aromatic rings. The summed E-state index contributed by atoms with van der Waals surface area (Å²) < 4.78 is 0. The molecule has 0 saturated heterocycles. The number of aromatic nitrogens is 1. The lowest BCUT2D eigenvalue weighted by Gasteiger charge is -2.18. The molecule has 0 aliphatic rings. The number of hydrogen-bond acceptors (Lipinski definition) is 2. The number of amides is 1. The molecule has 0 fully saturated rings. The van der Waals surface area contributed by atoms with E-state index in [9.17, 15) is 4.79 Å². The van der Waals surface area contributed by atoms with Gasteiger partial charge in [-0.25, -0.2) is 0 Å². The van der Waals surface area contributed by atoms with Crippen LogP contribution < -0.4 is 5.32 Å². The summed E-state index contributed by atoms with van der Waals surface area (Å²) in [5, 5.41) is 2.88. The molecule has 0 atom stereocenters. The predicted molar refractivity (Wildman–Crippen MR) is 121 cm³/mol. The highest BCUT2D eigenvalue weighted by Crippen LogP contribution is 2.19. The number of aryl methyl sites for hydroxylation is 2. The van der Waals surface area contributed by atoms with E-state index in [1.165, 1.54) is 38.5 Å². The number of carbonyl (C=O) groups is 1. The first-order chi connectivity index (χ1) is 12.6. The van der Waals surface area contributed by atoms with E-state index in [1.54, 1.807) is 6.20 Å². The normalized spacial score (nSPS) is 10.5. The van der Waals surface area contributed by atoms with E-state index in [1.807, 2.05) is 54.5 Å². The van der Waals surface area contributed by atoms with Crippen molar-refractivity contribution < 1.29 is 4.79 Å². The molecule has 0 saturated carbocycles. The van der Waals surface area contributed by atoms with Gasteiger partial charge in [0.05, 0.1) is 11.9 Å². The van der Waals surface area contributed by atoms with Gasteiger partial charge in [0, 0.05) is 11.1 Å². The molecule has 1 N–H and O–H groups in total. The van der Waals surface area contributed by atoms with Gasteiger partial charge in [-0.1, -0.05) is 93.9 Å². The van der Waals surface area contributed by atoms with Gasteiger partial charge in [0.15, 0.2) is 0 Å². The van der Waals surface area contributed by atoms with E-state index >= 15 is 0 Å². The van der Waals surface area contributed by atoms with Gasteiger partial charge in [-0.3, -0.25) is 9.78 Å². The smallest absolute Gasteiger partial charge is 0.229 e. The zero-order valence-corrected chi connectivity index (χ0v) is 19.8. The molecule has 0 aliphatic heterocycles. The van der Waals surface area contributed by atoms with Crippen LogP contribution >= 0.6 is 0 Å². The summed E-state index contributed by atoms with van der Waals surface area (Å²) in [7, 11) is 0. The molecule has 27 heavy (non-hydrogen) atoms. The van der Waals surface area contributed by atoms with E-state index in [0.29, 0.717) is 0 Å². The third kappa shape index (κ3) is 14.4. The minimum Gasteiger partial charge on any atom is -0.324 e. The third-order valence-corrected chi connectivity index (χ3v) is 4.28. The van der Waals surface area contributed by atoms with Crippen molar-refractivity contribution in [1.29, 1.82) is 0 Å². The number of unbranched alkanes of at least 4 members (excludes halogenated alkanes) is 2. The quantitative estimate of drug-likeness (QED) is 0.528. The number of hydrogen-bond donors (Lipinski definition) is 1. The molecule has 1 heterocycles. The maximum atomic E-state index is 11.7. The van der Waals surface area contributed by atoms with Crippen molar-refractivity contribution in [2.24, 2.45) is 11.3 Å². The number of rotatable bonds is 7. The van der Waals surface area contributed by atoms with E-state index < -0.39 is 0 Å². The van der Waals surface area contributed by atoms with Crippen LogP contribution in [-0.4, -0.2) is 10.9 Å². The van der Waals surface area contributed by atoms with Crippen LogP contribution in [0, 0.1) is 25.2 Å². The fourth-order valence-electron chi connectivity index (χ4n) is 2.39. The average Bonchev–Trinajstić information content (AvgIpc) is 2.61. The van der Waals surface area contributed by atoms with Crippen LogP contribution in [0.4, 0.5) is 5.69 Å². The molecule has 1 amide bonds. The minimum atomic E-state index is -0.378. The molecule has 3 heteroatoms. The van der Waals surface area contributed by atoms with Gasteiger partial charge in [0.1, 0.15) is 0 Å². The van der Waals surface area contributed by atoms with Crippen LogP contribution in [0.15, 0.2) is 12.3 Å². The van der Waals surface area contributed by atoms with Gasteiger partial charge in [-0.15, -0.1) is 0 Å². The highest BCUT2D eigenvalue weighted by molar-refractivity contribution is 5.94. The van der Waals surface area contributed by atoms with Gasteiger partial charge < -0.3 is 5.32 Å². The maximum Gasteiger partial charge on any atom is 0.229 e. The van der Waals surface area contributed by atoms with E-state index in [-0.39, 0.29) is 11.3 Å². The molecule has 0 radical (unpaired) electrons. The van der Waals surface area contributed by atoms with E-state index in [2.05, 4.69) is 31.1 Å². The van der Waals surface area contributed by atoms with Crippen molar-refractivity contribution in [1.82, 2.24) is 4.98 Å². The molecule has 1 rings (SSSR count). The van der Waals surface area contributed by atoms with E-state index in [4.69, 9.17) is 0 Å². The molecule has 0 unspecified atom stereocenters. The lowest BCUT2D eigenvalue weighted by atomic mass is 9.95. The molecular formula is C24H46N2O. The largest absolute Gasteiger partial charge is 0.324 e. The molecule has 0 aromatic carbocycles. The van der Waals surface area contributed by atoms with E-state index in [0.717, 1.165) is 22.9 Å². The first-order valence-electron chi connectivity index (χ1n) is 10.9. The summed E-state index contributed by atoms with van der Waals surface area (Å²) in [5.74, 6) is 0.983. The third-order valence-electron chi connectivity index (χ3n) is 4.28. The molecule has 3 nitrogen and oxygen atoms in total. The van der Waals surface area contributed by atoms with Gasteiger partial charge in [0.25, 0.3) is 0 Å². The Labute approximate surface area is 169 Å². The topological polar surface area (TPSA) is 42.0 Å². The summed E-state index contributed by atoms with van der Waals surface area (Å²) in [4.78, 5) is 15.9. The zero-order chi connectivity index (χ0) is 21.5. The first kappa shape index (κ1) is 27.8. The standard InChI is InChI=1S/C12H18N2O.C10H22.C2H6/c1-8-6-9(2)13-7-10(8)14-11(15)12(3,4)5;1-4-6-8-10(3)9-7-5-2;1-2/h6-7H,1-5H3,(H,14,15);10H,4-9H2,1-3H3;1-2H3. The van der Waals surface area contributed by atoms with Gasteiger partial charge in [-0.05, 0) is 31.4 Å². The predicted octanol–water partition coefficient (Wildman–Crippen LogP) is 7.71. The molecule has 158 valence electrons. The second kappa shape index (κ2) is 15.7. The van der Waals surface area contributed by atoms with Gasteiger partial charge in [-0.2, -0.15) is 0 Å². The monoisotopic (exact) mass is 378 g/mol. The Bertz CT molecular complexity index is 496. The number of nitrogens with zero attached hydrogens (tertiary/aromatic N) is 1. The van der Waals surface area contributed by atoms with Crippen molar-refractivity contribution in [2.45, 2.75) is 108 Å². The lowest BCUT2D eigenvalue weighted by Crippen LogP contribution is -2.28. The maximum absolute atomic E-state index is 11.7. The highest BCUT2D eigenvalue weighted by Gasteiger charge is 2.21. The van der Waals surface area contributed by atoms with Crippen molar-refractivity contribution in [2.75, 3.05) is 5.32 Å². The van der Waals surface area contributed by atoms with Crippen molar-refractivity contribution in [3.8, 4) is 0 Å². The van der Waals surface area contributed by atoms with Crippen LogP contribution in [0.1, 0.15) is 105 Å². The summed E-state index contributed by atoms with van der Waals surface area (Å²) >= 11 is 0. The summed E-state index contributed by atoms with van der Waals surface area (Å²) in [5.41, 5.74) is 2.42. The Kier molecular flexibility index (Phi) is 16.1. The average molecular weight is 379 g/mol. The first-order valence-corrected chi connectivity index (χ1v) is 10.9. The fourth-order valence-corrected chi connectivity index (χ4v) is 2.39. The minimum absolute atomic E-state index is 0.0104. The molecule has 0 aliphatic carbocycles. The van der Waals surface area contributed by atoms with Crippen molar-refractivity contribution in [3.63, 3.8) is 0 Å². The number of nitrogens with one attached hydrogen (secondary N) is 1. The Morgan fingerprint density at radius 1 is 1.07 bits per heavy atom. The Morgan fingerprint density at radius 3 is 1.93 bits per heavy atom. The van der Waals surface area contributed by atoms with Crippen LogP contribution in [0.3, 0.4) is 0 Å². The zero-order valence-electron chi connectivity index (χ0n) is 19.8. The molecule has 0 spiro atoms. The molecular weight excluding hydrogens is 332 g/mol. The molecule has 1 aromatic heterocycles. The summed E-state index contributed by atoms with van der Waals surface area (Å²) in [6.45, 7) is 20.5. The molecule has 0 bridgehead atoms. The second-order valence-electron chi connectivity index (χ2n) is 8.23. The lowest BCUT2D eigenvalue weighted by molar-refractivity contribution is -0.123. The van der Waals surface area contributed by atoms with Crippen molar-refractivity contribution in [3.05, 3.63) is 23.5 Å². The number of pyridine rings is 1. The van der Waals surface area contributed by atoms with Crippen LogP contribution in [0.25, 0.3) is 0 Å². The number of anilines is 1. The Balaban J connectivity index is 0. The Hall–Kier alpha value is -1.38. The summed E-state index contributed by atoms with van der Waals surface area (Å²) in [6.07, 6.45) is 10.1. The van der Waals surface area contributed by atoms with Crippen molar-refractivity contribution >= 4 is 11.6 Å². The second-order valence-corrected chi connectivity index (χ2v) is 8.23. The van der Waals surface area contributed by atoms with Crippen LogP contribution in [0.5, 0.6) is 0 Å². The van der Waals surface area contributed by atoms with Gasteiger partial charge >= 0.3 is 0 Å². The summed E-state index contributed by atoms with van der Waals surface area (Å²) in [6, 6.07) is 1.96. The fraction of sp³-hybridized carbons (Fsp3) is 0.750. The number of carbonyl (C=O) groups excluding carboxylic acids is 1. The Morgan fingerprint density at radius 2 is 1.56 bits per heavy atom. The van der Waals surface area contributed by atoms with Gasteiger partial charge in [0.2, 0.25) is 5.91 Å².